The average Bonchev–Trinajstić information content (AvgIpc) is 2.43. The first-order valence-electron chi connectivity index (χ1n) is 7.61. The standard InChI is InChI=1S/C18H25N3/c1-6-17-16(10-14(4)20-21-17)18(19-5)11-15-8-12(2)7-13(3)9-15/h7-10,18-19H,6,11H2,1-5H3. The van der Waals surface area contributed by atoms with Gasteiger partial charge in [-0.25, -0.2) is 0 Å². The Morgan fingerprint density at radius 2 is 1.67 bits per heavy atom. The molecular weight excluding hydrogens is 258 g/mol. The largest absolute Gasteiger partial charge is 0.313 e. The normalized spacial score (nSPS) is 12.4. The molecule has 21 heavy (non-hydrogen) atoms. The Morgan fingerprint density at radius 3 is 2.24 bits per heavy atom. The summed E-state index contributed by atoms with van der Waals surface area (Å²) in [6.45, 7) is 8.44. The van der Waals surface area contributed by atoms with Gasteiger partial charge < -0.3 is 5.32 Å². The van der Waals surface area contributed by atoms with Crippen LogP contribution < -0.4 is 5.32 Å². The molecule has 112 valence electrons. The Bertz CT molecular complexity index is 600. The van der Waals surface area contributed by atoms with Crippen LogP contribution in [0.2, 0.25) is 0 Å². The summed E-state index contributed by atoms with van der Waals surface area (Å²) in [7, 11) is 2.02. The molecule has 1 N–H and O–H groups in total. The first kappa shape index (κ1) is 15.6. The predicted octanol–water partition coefficient (Wildman–Crippen LogP) is 3.47. The van der Waals surface area contributed by atoms with E-state index in [9.17, 15) is 0 Å². The van der Waals surface area contributed by atoms with Gasteiger partial charge in [-0.15, -0.1) is 0 Å². The second-order valence-corrected chi connectivity index (χ2v) is 5.78. The minimum atomic E-state index is 0.273. The molecule has 0 aliphatic rings. The Morgan fingerprint density at radius 1 is 1.00 bits per heavy atom. The van der Waals surface area contributed by atoms with Crippen LogP contribution in [0.25, 0.3) is 0 Å². The molecule has 0 amide bonds. The van der Waals surface area contributed by atoms with Crippen molar-refractivity contribution in [3.05, 3.63) is 57.9 Å². The van der Waals surface area contributed by atoms with E-state index in [2.05, 4.69) is 60.6 Å². The van der Waals surface area contributed by atoms with Crippen molar-refractivity contribution < 1.29 is 0 Å². The van der Waals surface area contributed by atoms with Gasteiger partial charge in [0, 0.05) is 6.04 Å². The maximum atomic E-state index is 4.35. The molecule has 0 radical (unpaired) electrons. The van der Waals surface area contributed by atoms with Gasteiger partial charge in [-0.3, -0.25) is 0 Å². The van der Waals surface area contributed by atoms with Crippen LogP contribution in [-0.2, 0) is 12.8 Å². The van der Waals surface area contributed by atoms with Crippen molar-refractivity contribution in [1.29, 1.82) is 0 Å². The van der Waals surface area contributed by atoms with Crippen molar-refractivity contribution >= 4 is 0 Å². The third-order valence-electron chi connectivity index (χ3n) is 3.81. The van der Waals surface area contributed by atoms with Crippen molar-refractivity contribution in [3.8, 4) is 0 Å². The van der Waals surface area contributed by atoms with E-state index in [1.165, 1.54) is 22.3 Å². The number of aromatic nitrogens is 2. The zero-order valence-corrected chi connectivity index (χ0v) is 13.7. The van der Waals surface area contributed by atoms with E-state index in [0.29, 0.717) is 0 Å². The summed E-state index contributed by atoms with van der Waals surface area (Å²) in [6, 6.07) is 9.19. The predicted molar refractivity (Wildman–Crippen MR) is 87.6 cm³/mol. The van der Waals surface area contributed by atoms with Crippen molar-refractivity contribution in [2.45, 2.75) is 46.6 Å². The molecule has 0 saturated heterocycles. The van der Waals surface area contributed by atoms with Crippen LogP contribution in [0.3, 0.4) is 0 Å². The van der Waals surface area contributed by atoms with E-state index < -0.39 is 0 Å². The molecule has 1 atom stereocenters. The molecule has 0 aliphatic heterocycles. The lowest BCUT2D eigenvalue weighted by molar-refractivity contribution is 0.578. The SMILES string of the molecule is CCc1nnc(C)cc1C(Cc1cc(C)cc(C)c1)NC. The van der Waals surface area contributed by atoms with Gasteiger partial charge in [-0.1, -0.05) is 36.2 Å². The van der Waals surface area contributed by atoms with Gasteiger partial charge in [-0.05, 0) is 57.9 Å². The summed E-state index contributed by atoms with van der Waals surface area (Å²) in [5.41, 5.74) is 7.33. The van der Waals surface area contributed by atoms with Crippen molar-refractivity contribution in [3.63, 3.8) is 0 Å². The number of hydrogen-bond donors (Lipinski definition) is 1. The Hall–Kier alpha value is -1.74. The maximum absolute atomic E-state index is 4.35. The number of benzene rings is 1. The molecule has 1 aromatic heterocycles. The van der Waals surface area contributed by atoms with E-state index in [-0.39, 0.29) is 6.04 Å². The molecule has 2 rings (SSSR count). The van der Waals surface area contributed by atoms with Crippen molar-refractivity contribution in [1.82, 2.24) is 15.5 Å². The van der Waals surface area contributed by atoms with E-state index in [0.717, 1.165) is 24.2 Å². The molecule has 0 aliphatic carbocycles. The van der Waals surface area contributed by atoms with Crippen LogP contribution >= 0.6 is 0 Å². The third kappa shape index (κ3) is 3.88. The summed E-state index contributed by atoms with van der Waals surface area (Å²) in [4.78, 5) is 0. The highest BCUT2D eigenvalue weighted by Crippen LogP contribution is 2.22. The van der Waals surface area contributed by atoms with E-state index in [1.54, 1.807) is 0 Å². The maximum Gasteiger partial charge on any atom is 0.0676 e. The number of rotatable bonds is 5. The van der Waals surface area contributed by atoms with Gasteiger partial charge in [0.05, 0.1) is 11.4 Å². The quantitative estimate of drug-likeness (QED) is 0.913. The highest BCUT2D eigenvalue weighted by atomic mass is 15.1. The number of hydrogen-bond acceptors (Lipinski definition) is 3. The molecule has 2 aromatic rings. The van der Waals surface area contributed by atoms with Crippen molar-refractivity contribution in [2.75, 3.05) is 7.05 Å². The lowest BCUT2D eigenvalue weighted by Crippen LogP contribution is -2.21. The molecule has 0 fully saturated rings. The molecule has 0 spiro atoms. The lowest BCUT2D eigenvalue weighted by atomic mass is 9.95. The highest BCUT2D eigenvalue weighted by Gasteiger charge is 2.16. The van der Waals surface area contributed by atoms with Gasteiger partial charge in [-0.2, -0.15) is 10.2 Å². The highest BCUT2D eigenvalue weighted by molar-refractivity contribution is 5.32. The minimum Gasteiger partial charge on any atom is -0.313 e. The topological polar surface area (TPSA) is 37.8 Å². The smallest absolute Gasteiger partial charge is 0.0676 e. The van der Waals surface area contributed by atoms with Gasteiger partial charge in [0.15, 0.2) is 0 Å². The fourth-order valence-electron chi connectivity index (χ4n) is 2.90. The van der Waals surface area contributed by atoms with E-state index >= 15 is 0 Å². The number of nitrogens with zero attached hydrogens (tertiary/aromatic N) is 2. The van der Waals surface area contributed by atoms with Gasteiger partial charge in [0.1, 0.15) is 0 Å². The van der Waals surface area contributed by atoms with Crippen LogP contribution in [0.15, 0.2) is 24.3 Å². The second-order valence-electron chi connectivity index (χ2n) is 5.78. The van der Waals surface area contributed by atoms with Crippen LogP contribution in [0, 0.1) is 20.8 Å². The summed E-state index contributed by atoms with van der Waals surface area (Å²) < 4.78 is 0. The van der Waals surface area contributed by atoms with Gasteiger partial charge >= 0.3 is 0 Å². The Labute approximate surface area is 127 Å². The number of aryl methyl sites for hydroxylation is 4. The van der Waals surface area contributed by atoms with Gasteiger partial charge in [0.2, 0.25) is 0 Å². The zero-order valence-electron chi connectivity index (χ0n) is 13.7. The number of nitrogens with one attached hydrogen (secondary N) is 1. The molecule has 0 bridgehead atoms. The first-order chi connectivity index (χ1) is 10.0. The van der Waals surface area contributed by atoms with Crippen LogP contribution in [0.4, 0.5) is 0 Å². The van der Waals surface area contributed by atoms with E-state index in [1.807, 2.05) is 14.0 Å². The summed E-state index contributed by atoms with van der Waals surface area (Å²) in [5, 5.41) is 12.0. The molecule has 3 heteroatoms. The fraction of sp³-hybridized carbons (Fsp3) is 0.444. The Kier molecular flexibility index (Phi) is 5.07. The molecule has 1 unspecified atom stereocenters. The lowest BCUT2D eigenvalue weighted by Gasteiger charge is -2.20. The minimum absolute atomic E-state index is 0.273. The van der Waals surface area contributed by atoms with E-state index in [4.69, 9.17) is 0 Å². The van der Waals surface area contributed by atoms with Crippen LogP contribution in [-0.4, -0.2) is 17.2 Å². The summed E-state index contributed by atoms with van der Waals surface area (Å²) in [6.07, 6.45) is 1.88. The molecule has 0 saturated carbocycles. The Balaban J connectivity index is 2.33. The van der Waals surface area contributed by atoms with Crippen LogP contribution in [0.5, 0.6) is 0 Å². The number of likely N-dealkylation sites (N-methyl/N-ethyl adjacent to an activating group) is 1. The first-order valence-corrected chi connectivity index (χ1v) is 7.61. The second kappa shape index (κ2) is 6.81. The van der Waals surface area contributed by atoms with Crippen molar-refractivity contribution in [2.24, 2.45) is 0 Å². The average molecular weight is 283 g/mol. The zero-order chi connectivity index (χ0) is 15.4. The molecule has 1 aromatic carbocycles. The molecule has 3 nitrogen and oxygen atoms in total. The fourth-order valence-corrected chi connectivity index (χ4v) is 2.90. The monoisotopic (exact) mass is 283 g/mol. The van der Waals surface area contributed by atoms with Crippen LogP contribution in [0.1, 0.15) is 46.6 Å². The molecule has 1 heterocycles. The summed E-state index contributed by atoms with van der Waals surface area (Å²) >= 11 is 0. The van der Waals surface area contributed by atoms with Gasteiger partial charge in [0.25, 0.3) is 0 Å². The third-order valence-corrected chi connectivity index (χ3v) is 3.81. The molecular formula is C18H25N3. The summed E-state index contributed by atoms with van der Waals surface area (Å²) in [5.74, 6) is 0.